The van der Waals surface area contributed by atoms with E-state index in [1.807, 2.05) is 0 Å². The van der Waals surface area contributed by atoms with Gasteiger partial charge in [0.2, 0.25) is 0 Å². The molecule has 44 heavy (non-hydrogen) atoms. The zero-order valence-electron chi connectivity index (χ0n) is 25.9. The van der Waals surface area contributed by atoms with Crippen molar-refractivity contribution in [1.29, 1.82) is 0 Å². The van der Waals surface area contributed by atoms with E-state index in [0.717, 1.165) is 47.7 Å². The van der Waals surface area contributed by atoms with Crippen molar-refractivity contribution in [3.63, 3.8) is 0 Å². The summed E-state index contributed by atoms with van der Waals surface area (Å²) < 4.78 is 13.1. The van der Waals surface area contributed by atoms with Crippen molar-refractivity contribution >= 4 is 0 Å². The number of rotatable bonds is 6. The third kappa shape index (κ3) is 4.43. The molecular formula is C42H44O2. The van der Waals surface area contributed by atoms with Gasteiger partial charge in [0.1, 0.15) is 23.0 Å². The van der Waals surface area contributed by atoms with Gasteiger partial charge in [0.15, 0.2) is 0 Å². The van der Waals surface area contributed by atoms with E-state index in [-0.39, 0.29) is 5.41 Å². The fraction of sp³-hybridized carbons (Fsp3) is 0.429. The van der Waals surface area contributed by atoms with Crippen LogP contribution in [-0.4, -0.2) is 0 Å². The Morgan fingerprint density at radius 1 is 0.455 bits per heavy atom. The van der Waals surface area contributed by atoms with Gasteiger partial charge < -0.3 is 9.47 Å². The highest BCUT2D eigenvalue weighted by atomic mass is 16.5. The lowest BCUT2D eigenvalue weighted by molar-refractivity contribution is -0.0418. The van der Waals surface area contributed by atoms with E-state index in [1.165, 1.54) is 104 Å². The fourth-order valence-electron chi connectivity index (χ4n) is 10.6. The lowest BCUT2D eigenvalue weighted by Crippen LogP contribution is -2.56. The van der Waals surface area contributed by atoms with Gasteiger partial charge in [-0.05, 0) is 177 Å². The van der Waals surface area contributed by atoms with Crippen molar-refractivity contribution in [1.82, 2.24) is 0 Å². The van der Waals surface area contributed by atoms with Crippen molar-refractivity contribution in [2.75, 3.05) is 0 Å². The van der Waals surface area contributed by atoms with E-state index in [2.05, 4.69) is 84.9 Å². The van der Waals surface area contributed by atoms with Gasteiger partial charge in [0.25, 0.3) is 0 Å². The summed E-state index contributed by atoms with van der Waals surface area (Å²) in [6.45, 7) is 0. The van der Waals surface area contributed by atoms with Crippen molar-refractivity contribution in [2.45, 2.75) is 88.9 Å². The molecule has 0 spiro atoms. The van der Waals surface area contributed by atoms with Crippen LogP contribution in [0, 0.1) is 23.7 Å². The Hall–Kier alpha value is -3.52. The minimum atomic E-state index is 0.0717. The van der Waals surface area contributed by atoms with Crippen LogP contribution >= 0.6 is 0 Å². The van der Waals surface area contributed by atoms with Gasteiger partial charge in [-0.15, -0.1) is 0 Å². The summed E-state index contributed by atoms with van der Waals surface area (Å²) in [5, 5.41) is 0. The number of aryl methyl sites for hydroxylation is 2. The smallest absolute Gasteiger partial charge is 0.130 e. The first-order chi connectivity index (χ1) is 21.7. The zero-order valence-corrected chi connectivity index (χ0v) is 25.9. The van der Waals surface area contributed by atoms with Crippen LogP contribution in [0.5, 0.6) is 23.0 Å². The maximum atomic E-state index is 6.57. The number of ether oxygens (including phenoxy) is 2. The summed E-state index contributed by atoms with van der Waals surface area (Å²) in [4.78, 5) is 0. The third-order valence-corrected chi connectivity index (χ3v) is 12.3. The maximum absolute atomic E-state index is 6.57. The molecule has 4 bridgehead atoms. The number of benzene rings is 4. The molecule has 0 N–H and O–H groups in total. The van der Waals surface area contributed by atoms with E-state index in [4.69, 9.17) is 9.47 Å². The van der Waals surface area contributed by atoms with E-state index in [9.17, 15) is 0 Å². The third-order valence-electron chi connectivity index (χ3n) is 12.3. The summed E-state index contributed by atoms with van der Waals surface area (Å²) in [5.74, 6) is 7.28. The molecule has 4 aromatic carbocycles. The summed E-state index contributed by atoms with van der Waals surface area (Å²) in [6, 6.07) is 31.9. The molecule has 0 atom stereocenters. The van der Waals surface area contributed by atoms with Gasteiger partial charge in [0.05, 0.1) is 0 Å². The van der Waals surface area contributed by atoms with Crippen molar-refractivity contribution in [3.05, 3.63) is 118 Å². The maximum Gasteiger partial charge on any atom is 0.130 e. The second-order valence-electron chi connectivity index (χ2n) is 14.6. The summed E-state index contributed by atoms with van der Waals surface area (Å²) in [6.07, 6.45) is 16.7. The van der Waals surface area contributed by atoms with Gasteiger partial charge in [-0.1, -0.05) is 48.5 Å². The normalized spacial score (nSPS) is 26.1. The molecule has 10 rings (SSSR count). The predicted molar refractivity (Wildman–Crippen MR) is 177 cm³/mol. The molecule has 2 nitrogen and oxygen atoms in total. The van der Waals surface area contributed by atoms with Gasteiger partial charge in [0, 0.05) is 5.41 Å². The molecule has 0 unspecified atom stereocenters. The van der Waals surface area contributed by atoms with Gasteiger partial charge >= 0.3 is 0 Å². The molecule has 0 aliphatic heterocycles. The Kier molecular flexibility index (Phi) is 6.61. The molecular weight excluding hydrogens is 536 g/mol. The molecule has 2 heteroatoms. The molecule has 0 amide bonds. The van der Waals surface area contributed by atoms with Crippen molar-refractivity contribution in [2.24, 2.45) is 23.7 Å². The van der Waals surface area contributed by atoms with E-state index < -0.39 is 0 Å². The Morgan fingerprint density at radius 3 is 1.34 bits per heavy atom. The highest BCUT2D eigenvalue weighted by Crippen LogP contribution is 2.65. The highest BCUT2D eigenvalue weighted by Gasteiger charge is 2.58. The van der Waals surface area contributed by atoms with Crippen LogP contribution in [-0.2, 0) is 31.1 Å². The van der Waals surface area contributed by atoms with Gasteiger partial charge in [-0.3, -0.25) is 0 Å². The SMILES string of the molecule is c1cc2c(c(Oc3ccc(C4(c5ccc(Oc6cccc7c6CCCC7)cc5)C5CC6CC(C5)CC4C6)cc3)c1)CCCC2. The molecule has 0 radical (unpaired) electrons. The average molecular weight is 581 g/mol. The van der Waals surface area contributed by atoms with E-state index in [1.54, 1.807) is 0 Å². The van der Waals surface area contributed by atoms with Gasteiger partial charge in [-0.2, -0.15) is 0 Å². The van der Waals surface area contributed by atoms with Crippen LogP contribution in [0.3, 0.4) is 0 Å². The molecule has 4 saturated carbocycles. The molecule has 6 aliphatic rings. The number of fused-ring (bicyclic) bond motifs is 2. The Balaban J connectivity index is 1.05. The van der Waals surface area contributed by atoms with Crippen LogP contribution in [0.25, 0.3) is 0 Å². The first-order valence-electron chi connectivity index (χ1n) is 17.5. The Bertz CT molecular complexity index is 1530. The lowest BCUT2D eigenvalue weighted by Gasteiger charge is -2.62. The molecule has 4 fully saturated rings. The monoisotopic (exact) mass is 580 g/mol. The van der Waals surface area contributed by atoms with Crippen LogP contribution in [0.4, 0.5) is 0 Å². The van der Waals surface area contributed by atoms with Crippen LogP contribution < -0.4 is 9.47 Å². The van der Waals surface area contributed by atoms with Crippen molar-refractivity contribution < 1.29 is 9.47 Å². The molecule has 6 aliphatic carbocycles. The predicted octanol–water partition coefficient (Wildman–Crippen LogP) is 10.8. The summed E-state index contributed by atoms with van der Waals surface area (Å²) in [5.41, 5.74) is 8.81. The van der Waals surface area contributed by atoms with Crippen LogP contribution in [0.15, 0.2) is 84.9 Å². The first kappa shape index (κ1) is 26.8. The molecule has 224 valence electrons. The topological polar surface area (TPSA) is 18.5 Å². The van der Waals surface area contributed by atoms with E-state index in [0.29, 0.717) is 11.8 Å². The quantitative estimate of drug-likeness (QED) is 0.226. The van der Waals surface area contributed by atoms with Crippen LogP contribution in [0.2, 0.25) is 0 Å². The van der Waals surface area contributed by atoms with Gasteiger partial charge in [-0.25, -0.2) is 0 Å². The second-order valence-corrected chi connectivity index (χ2v) is 14.6. The van der Waals surface area contributed by atoms with Crippen LogP contribution in [0.1, 0.15) is 91.2 Å². The minimum Gasteiger partial charge on any atom is -0.457 e. The highest BCUT2D eigenvalue weighted by molar-refractivity contribution is 5.50. The fourth-order valence-corrected chi connectivity index (χ4v) is 10.6. The Labute approximate surface area is 262 Å². The number of hydrogen-bond acceptors (Lipinski definition) is 2. The summed E-state index contributed by atoms with van der Waals surface area (Å²) >= 11 is 0. The average Bonchev–Trinajstić information content (AvgIpc) is 3.06. The zero-order chi connectivity index (χ0) is 29.1. The Morgan fingerprint density at radius 2 is 0.886 bits per heavy atom. The van der Waals surface area contributed by atoms with E-state index >= 15 is 0 Å². The molecule has 0 heterocycles. The molecule has 0 aromatic heterocycles. The molecule has 0 saturated heterocycles. The standard InChI is InChI=1S/C42H44O2/c1-3-11-38-30(7-1)9-5-13-40(38)43-36-19-15-32(16-20-36)42(34-24-28-23-29(26-34)27-35(42)25-28)33-17-21-37(22-18-33)44-41-14-6-10-31-8-2-4-12-39(31)41/h5-6,9-10,13-22,28-29,34-35H,1-4,7-8,11-12,23-27H2. The number of hydrogen-bond donors (Lipinski definition) is 0. The first-order valence-corrected chi connectivity index (χ1v) is 17.5. The van der Waals surface area contributed by atoms with Crippen molar-refractivity contribution in [3.8, 4) is 23.0 Å². The summed E-state index contributed by atoms with van der Waals surface area (Å²) in [7, 11) is 0. The minimum absolute atomic E-state index is 0.0717. The molecule has 4 aromatic rings. The second kappa shape index (κ2) is 10.8. The largest absolute Gasteiger partial charge is 0.457 e. The lowest BCUT2D eigenvalue weighted by atomic mass is 9.42.